The second-order valence-electron chi connectivity index (χ2n) is 8.97. The molecule has 4 aliphatic carbocycles. The lowest BCUT2D eigenvalue weighted by molar-refractivity contribution is 0.0342. The van der Waals surface area contributed by atoms with Gasteiger partial charge in [0, 0.05) is 23.6 Å². The zero-order chi connectivity index (χ0) is 18.6. The monoisotopic (exact) mass is 382 g/mol. The standard InChI is InChI=1S/C22H26N2O2S/c1-15-6-7-23-14-21(15)19-2-4-20(5-3-19)24-27(25,26)22-11-16-8-17(12-22)10-18(9-16)13-22/h2-7,14,16-18,24H,8-13H2,1H3. The first-order chi connectivity index (χ1) is 12.9. The molecule has 1 aromatic heterocycles. The minimum Gasteiger partial charge on any atom is -0.283 e. The van der Waals surface area contributed by atoms with Crippen LogP contribution in [0, 0.1) is 24.7 Å². The number of nitrogens with one attached hydrogen (secondary N) is 1. The molecule has 0 spiro atoms. The summed E-state index contributed by atoms with van der Waals surface area (Å²) in [5, 5.41) is 0. The fourth-order valence-corrected chi connectivity index (χ4v) is 8.14. The molecule has 2 aromatic rings. The third-order valence-corrected chi connectivity index (χ3v) is 9.18. The van der Waals surface area contributed by atoms with E-state index in [0.717, 1.165) is 36.0 Å². The lowest BCUT2D eigenvalue weighted by atomic mass is 9.56. The number of rotatable bonds is 4. The summed E-state index contributed by atoms with van der Waals surface area (Å²) < 4.78 is 29.1. The van der Waals surface area contributed by atoms with Crippen molar-refractivity contribution in [3.8, 4) is 11.1 Å². The number of nitrogens with zero attached hydrogens (tertiary/aromatic N) is 1. The SMILES string of the molecule is Cc1ccncc1-c1ccc(NS(=O)(=O)C23CC4CC(CC(C4)C2)C3)cc1. The molecule has 6 rings (SSSR count). The van der Waals surface area contributed by atoms with E-state index in [2.05, 4.69) is 16.6 Å². The van der Waals surface area contributed by atoms with E-state index in [-0.39, 0.29) is 0 Å². The van der Waals surface area contributed by atoms with E-state index < -0.39 is 14.8 Å². The Morgan fingerprint density at radius 1 is 0.963 bits per heavy atom. The van der Waals surface area contributed by atoms with Gasteiger partial charge in [0.05, 0.1) is 4.75 Å². The van der Waals surface area contributed by atoms with Crippen LogP contribution in [0.15, 0.2) is 42.7 Å². The Labute approximate surface area is 161 Å². The van der Waals surface area contributed by atoms with Gasteiger partial charge < -0.3 is 0 Å². The summed E-state index contributed by atoms with van der Waals surface area (Å²) in [6.07, 6.45) is 9.91. The van der Waals surface area contributed by atoms with Crippen molar-refractivity contribution in [2.75, 3.05) is 4.72 Å². The normalized spacial score (nSPS) is 31.8. The molecular weight excluding hydrogens is 356 g/mol. The smallest absolute Gasteiger partial charge is 0.238 e. The molecule has 0 amide bonds. The van der Waals surface area contributed by atoms with E-state index >= 15 is 0 Å². The van der Waals surface area contributed by atoms with Gasteiger partial charge >= 0.3 is 0 Å². The molecule has 142 valence electrons. The quantitative estimate of drug-likeness (QED) is 0.829. The van der Waals surface area contributed by atoms with Gasteiger partial charge in [-0.15, -0.1) is 0 Å². The number of hydrogen-bond donors (Lipinski definition) is 1. The van der Waals surface area contributed by atoms with Crippen LogP contribution in [0.5, 0.6) is 0 Å². The lowest BCUT2D eigenvalue weighted by Gasteiger charge is -2.55. The summed E-state index contributed by atoms with van der Waals surface area (Å²) in [5.74, 6) is 1.84. The van der Waals surface area contributed by atoms with Crippen molar-refractivity contribution >= 4 is 15.7 Å². The van der Waals surface area contributed by atoms with Crippen LogP contribution in [0.2, 0.25) is 0 Å². The van der Waals surface area contributed by atoms with Gasteiger partial charge in [-0.05, 0) is 92.5 Å². The maximum atomic E-state index is 13.3. The van der Waals surface area contributed by atoms with Crippen LogP contribution in [-0.2, 0) is 10.0 Å². The highest BCUT2D eigenvalue weighted by Crippen LogP contribution is 2.58. The molecule has 0 unspecified atom stereocenters. The summed E-state index contributed by atoms with van der Waals surface area (Å²) in [6.45, 7) is 2.06. The Bertz CT molecular complexity index is 931. The van der Waals surface area contributed by atoms with Crippen LogP contribution in [0.4, 0.5) is 5.69 Å². The average molecular weight is 383 g/mol. The fourth-order valence-electron chi connectivity index (χ4n) is 6.11. The van der Waals surface area contributed by atoms with E-state index in [0.29, 0.717) is 23.4 Å². The van der Waals surface area contributed by atoms with Gasteiger partial charge in [-0.25, -0.2) is 8.42 Å². The van der Waals surface area contributed by atoms with Crippen molar-refractivity contribution in [3.63, 3.8) is 0 Å². The maximum Gasteiger partial charge on any atom is 0.238 e. The molecule has 27 heavy (non-hydrogen) atoms. The Morgan fingerprint density at radius 3 is 2.11 bits per heavy atom. The molecule has 4 nitrogen and oxygen atoms in total. The van der Waals surface area contributed by atoms with Crippen molar-refractivity contribution in [2.24, 2.45) is 17.8 Å². The van der Waals surface area contributed by atoms with Crippen LogP contribution >= 0.6 is 0 Å². The highest BCUT2D eigenvalue weighted by Gasteiger charge is 2.57. The number of pyridine rings is 1. The van der Waals surface area contributed by atoms with Crippen LogP contribution < -0.4 is 4.72 Å². The number of aryl methyl sites for hydroxylation is 1. The van der Waals surface area contributed by atoms with Crippen molar-refractivity contribution in [2.45, 2.75) is 50.2 Å². The Morgan fingerprint density at radius 2 is 1.56 bits per heavy atom. The molecule has 0 aliphatic heterocycles. The van der Waals surface area contributed by atoms with Gasteiger partial charge in [0.25, 0.3) is 0 Å². The zero-order valence-corrected chi connectivity index (χ0v) is 16.5. The minimum atomic E-state index is -3.38. The largest absolute Gasteiger partial charge is 0.283 e. The Balaban J connectivity index is 1.39. The van der Waals surface area contributed by atoms with Crippen LogP contribution in [-0.4, -0.2) is 18.1 Å². The first-order valence-electron chi connectivity index (χ1n) is 9.97. The highest BCUT2D eigenvalue weighted by molar-refractivity contribution is 7.94. The Kier molecular flexibility index (Phi) is 3.87. The topological polar surface area (TPSA) is 59.1 Å². The first-order valence-corrected chi connectivity index (χ1v) is 11.5. The van der Waals surface area contributed by atoms with Gasteiger partial charge in [0.2, 0.25) is 10.0 Å². The molecule has 4 aliphatic rings. The number of benzene rings is 1. The molecule has 0 atom stereocenters. The Hall–Kier alpha value is -1.88. The number of aromatic nitrogens is 1. The predicted molar refractivity (Wildman–Crippen MR) is 108 cm³/mol. The summed E-state index contributed by atoms with van der Waals surface area (Å²) in [6, 6.07) is 9.68. The van der Waals surface area contributed by atoms with E-state index in [1.54, 1.807) is 6.20 Å². The molecular formula is C22H26N2O2S. The van der Waals surface area contributed by atoms with Crippen molar-refractivity contribution in [1.82, 2.24) is 4.98 Å². The zero-order valence-electron chi connectivity index (χ0n) is 15.7. The van der Waals surface area contributed by atoms with E-state index in [1.807, 2.05) is 36.5 Å². The highest BCUT2D eigenvalue weighted by atomic mass is 32.2. The van der Waals surface area contributed by atoms with Crippen LogP contribution in [0.3, 0.4) is 0 Å². The minimum absolute atomic E-state index is 0.541. The van der Waals surface area contributed by atoms with Gasteiger partial charge in [0.1, 0.15) is 0 Å². The molecule has 5 heteroatoms. The first kappa shape index (κ1) is 17.2. The second-order valence-corrected chi connectivity index (χ2v) is 11.1. The van der Waals surface area contributed by atoms with E-state index in [9.17, 15) is 8.42 Å². The third kappa shape index (κ3) is 2.87. The summed E-state index contributed by atoms with van der Waals surface area (Å²) in [7, 11) is -3.38. The summed E-state index contributed by atoms with van der Waals surface area (Å²) in [5.41, 5.74) is 3.95. The fraction of sp³-hybridized carbons (Fsp3) is 0.500. The molecule has 4 saturated carbocycles. The second kappa shape index (κ2) is 6.06. The number of hydrogen-bond acceptors (Lipinski definition) is 3. The van der Waals surface area contributed by atoms with E-state index in [4.69, 9.17) is 0 Å². The molecule has 0 saturated heterocycles. The lowest BCUT2D eigenvalue weighted by Crippen LogP contribution is -2.56. The van der Waals surface area contributed by atoms with Gasteiger partial charge in [-0.1, -0.05) is 12.1 Å². The molecule has 1 N–H and O–H groups in total. The predicted octanol–water partition coefficient (Wildman–Crippen LogP) is 4.77. The van der Waals surface area contributed by atoms with Crippen molar-refractivity contribution in [1.29, 1.82) is 0 Å². The molecule has 0 radical (unpaired) electrons. The van der Waals surface area contributed by atoms with Crippen LogP contribution in [0.1, 0.15) is 44.1 Å². The van der Waals surface area contributed by atoms with Crippen molar-refractivity contribution in [3.05, 3.63) is 48.3 Å². The van der Waals surface area contributed by atoms with E-state index in [1.165, 1.54) is 19.3 Å². The maximum absolute atomic E-state index is 13.3. The molecule has 1 aromatic carbocycles. The summed E-state index contributed by atoms with van der Waals surface area (Å²) in [4.78, 5) is 4.20. The summed E-state index contributed by atoms with van der Waals surface area (Å²) >= 11 is 0. The van der Waals surface area contributed by atoms with Gasteiger partial charge in [0.15, 0.2) is 0 Å². The van der Waals surface area contributed by atoms with Gasteiger partial charge in [-0.2, -0.15) is 0 Å². The molecule has 4 bridgehead atoms. The van der Waals surface area contributed by atoms with Gasteiger partial charge in [-0.3, -0.25) is 9.71 Å². The average Bonchev–Trinajstić information content (AvgIpc) is 2.61. The number of sulfonamides is 1. The van der Waals surface area contributed by atoms with Crippen LogP contribution in [0.25, 0.3) is 11.1 Å². The molecule has 1 heterocycles. The number of anilines is 1. The third-order valence-electron chi connectivity index (χ3n) is 7.04. The van der Waals surface area contributed by atoms with Crippen molar-refractivity contribution < 1.29 is 8.42 Å². The molecule has 4 fully saturated rings.